The number of hydrogen-bond acceptors (Lipinski definition) is 3. The van der Waals surface area contributed by atoms with Crippen LogP contribution in [0.15, 0.2) is 60.7 Å². The maximum absolute atomic E-state index is 12.3. The first-order chi connectivity index (χ1) is 14.9. The summed E-state index contributed by atoms with van der Waals surface area (Å²) in [7, 11) is 1.56. The van der Waals surface area contributed by atoms with Crippen molar-refractivity contribution >= 4 is 63.5 Å². The van der Waals surface area contributed by atoms with Gasteiger partial charge in [-0.15, -0.1) is 0 Å². The molecule has 7 heteroatoms. The van der Waals surface area contributed by atoms with Crippen molar-refractivity contribution in [3.8, 4) is 11.5 Å². The zero-order chi connectivity index (χ0) is 22.4. The van der Waals surface area contributed by atoms with Gasteiger partial charge in [-0.2, -0.15) is 0 Å². The molecular formula is C24H20Cl2INO3. The van der Waals surface area contributed by atoms with Gasteiger partial charge in [0.25, 0.3) is 0 Å². The quantitative estimate of drug-likeness (QED) is 0.244. The Bertz CT molecular complexity index is 1110. The van der Waals surface area contributed by atoms with E-state index < -0.39 is 0 Å². The van der Waals surface area contributed by atoms with Gasteiger partial charge in [0, 0.05) is 30.9 Å². The van der Waals surface area contributed by atoms with Crippen LogP contribution in [0.25, 0.3) is 6.08 Å². The fraction of sp³-hybridized carbons (Fsp3) is 0.125. The lowest BCUT2D eigenvalue weighted by Gasteiger charge is -2.13. The summed E-state index contributed by atoms with van der Waals surface area (Å²) in [5, 5.41) is 3.97. The van der Waals surface area contributed by atoms with Crippen LogP contribution in [0.4, 0.5) is 5.69 Å². The van der Waals surface area contributed by atoms with Gasteiger partial charge in [0.05, 0.1) is 7.11 Å². The van der Waals surface area contributed by atoms with E-state index in [1.807, 2.05) is 31.2 Å². The summed E-state index contributed by atoms with van der Waals surface area (Å²) in [6.45, 7) is 2.17. The Labute approximate surface area is 205 Å². The molecule has 0 spiro atoms. The van der Waals surface area contributed by atoms with E-state index in [1.165, 1.54) is 6.08 Å². The first-order valence-electron chi connectivity index (χ1n) is 9.36. The van der Waals surface area contributed by atoms with Crippen LogP contribution in [0.3, 0.4) is 0 Å². The molecule has 0 unspecified atom stereocenters. The lowest BCUT2D eigenvalue weighted by atomic mass is 10.1. The van der Waals surface area contributed by atoms with E-state index in [9.17, 15) is 4.79 Å². The van der Waals surface area contributed by atoms with Gasteiger partial charge in [-0.05, 0) is 89.2 Å². The highest BCUT2D eigenvalue weighted by Gasteiger charge is 2.10. The first-order valence-corrected chi connectivity index (χ1v) is 11.2. The zero-order valence-corrected chi connectivity index (χ0v) is 20.6. The molecule has 0 atom stereocenters. The fourth-order valence-electron chi connectivity index (χ4n) is 2.84. The lowest BCUT2D eigenvalue weighted by Crippen LogP contribution is -2.08. The second-order valence-electron chi connectivity index (χ2n) is 6.68. The third-order valence-electron chi connectivity index (χ3n) is 4.49. The van der Waals surface area contributed by atoms with Crippen molar-refractivity contribution in [1.29, 1.82) is 0 Å². The van der Waals surface area contributed by atoms with Crippen LogP contribution < -0.4 is 14.8 Å². The van der Waals surface area contributed by atoms with Crippen molar-refractivity contribution in [2.24, 2.45) is 0 Å². The van der Waals surface area contributed by atoms with E-state index in [2.05, 4.69) is 27.9 Å². The van der Waals surface area contributed by atoms with Crippen LogP contribution in [-0.4, -0.2) is 13.0 Å². The van der Waals surface area contributed by atoms with Crippen molar-refractivity contribution in [1.82, 2.24) is 0 Å². The van der Waals surface area contributed by atoms with Gasteiger partial charge < -0.3 is 14.8 Å². The number of anilines is 1. The number of hydrogen-bond donors (Lipinski definition) is 1. The highest BCUT2D eigenvalue weighted by Crippen LogP contribution is 2.31. The maximum atomic E-state index is 12.3. The Balaban J connectivity index is 1.68. The third-order valence-corrected chi connectivity index (χ3v) is 5.87. The number of methoxy groups -OCH3 is 1. The van der Waals surface area contributed by atoms with Crippen molar-refractivity contribution in [3.05, 3.63) is 91.0 Å². The molecule has 0 saturated carbocycles. The molecule has 0 aliphatic rings. The summed E-state index contributed by atoms with van der Waals surface area (Å²) in [6, 6.07) is 16.6. The van der Waals surface area contributed by atoms with Crippen LogP contribution in [0.1, 0.15) is 16.7 Å². The van der Waals surface area contributed by atoms with Crippen LogP contribution in [-0.2, 0) is 11.4 Å². The SMILES string of the molecule is COc1cc(C=CC(=O)Nc2ccc(I)cc2C)ccc1OCc1c(Cl)cccc1Cl. The molecule has 0 aliphatic heterocycles. The summed E-state index contributed by atoms with van der Waals surface area (Å²) in [5.41, 5.74) is 3.30. The molecule has 3 aromatic carbocycles. The minimum Gasteiger partial charge on any atom is -0.493 e. The summed E-state index contributed by atoms with van der Waals surface area (Å²) in [6.07, 6.45) is 3.20. The number of aryl methyl sites for hydroxylation is 1. The van der Waals surface area contributed by atoms with Gasteiger partial charge in [0.15, 0.2) is 11.5 Å². The molecule has 0 bridgehead atoms. The molecule has 0 aliphatic carbocycles. The van der Waals surface area contributed by atoms with E-state index in [-0.39, 0.29) is 12.5 Å². The number of amides is 1. The molecule has 1 N–H and O–H groups in total. The van der Waals surface area contributed by atoms with Crippen LogP contribution >= 0.6 is 45.8 Å². The molecule has 1 amide bonds. The molecule has 0 fully saturated rings. The van der Waals surface area contributed by atoms with Gasteiger partial charge in [-0.3, -0.25) is 4.79 Å². The summed E-state index contributed by atoms with van der Waals surface area (Å²) < 4.78 is 12.4. The zero-order valence-electron chi connectivity index (χ0n) is 16.9. The van der Waals surface area contributed by atoms with Crippen molar-refractivity contribution in [3.63, 3.8) is 0 Å². The molecule has 0 saturated heterocycles. The van der Waals surface area contributed by atoms with E-state index in [1.54, 1.807) is 43.5 Å². The lowest BCUT2D eigenvalue weighted by molar-refractivity contribution is -0.111. The van der Waals surface area contributed by atoms with Crippen molar-refractivity contribution < 1.29 is 14.3 Å². The van der Waals surface area contributed by atoms with Gasteiger partial charge in [0.1, 0.15) is 6.61 Å². The number of benzene rings is 3. The predicted molar refractivity (Wildman–Crippen MR) is 135 cm³/mol. The van der Waals surface area contributed by atoms with Crippen LogP contribution in [0.2, 0.25) is 10.0 Å². The van der Waals surface area contributed by atoms with E-state index in [4.69, 9.17) is 32.7 Å². The minimum atomic E-state index is -0.211. The van der Waals surface area contributed by atoms with Gasteiger partial charge in [-0.25, -0.2) is 0 Å². The Morgan fingerprint density at radius 2 is 1.81 bits per heavy atom. The number of rotatable bonds is 7. The van der Waals surface area contributed by atoms with E-state index in [0.29, 0.717) is 27.1 Å². The third kappa shape index (κ3) is 6.38. The van der Waals surface area contributed by atoms with Gasteiger partial charge in [0.2, 0.25) is 5.91 Å². The summed E-state index contributed by atoms with van der Waals surface area (Å²) >= 11 is 14.6. The monoisotopic (exact) mass is 567 g/mol. The van der Waals surface area contributed by atoms with Crippen molar-refractivity contribution in [2.75, 3.05) is 12.4 Å². The number of carbonyl (C=O) groups is 1. The van der Waals surface area contributed by atoms with Crippen LogP contribution in [0.5, 0.6) is 11.5 Å². The Morgan fingerprint density at radius 3 is 2.48 bits per heavy atom. The topological polar surface area (TPSA) is 47.6 Å². The average molecular weight is 568 g/mol. The highest BCUT2D eigenvalue weighted by molar-refractivity contribution is 14.1. The standard InChI is InChI=1S/C24H20Cl2INO3/c1-15-12-17(27)8-9-21(15)28-24(29)11-7-16-6-10-22(23(13-16)30-2)31-14-18-19(25)4-3-5-20(18)26/h3-13H,14H2,1-2H3,(H,28,29). The van der Waals surface area contributed by atoms with Gasteiger partial charge in [-0.1, -0.05) is 35.3 Å². The molecule has 0 heterocycles. The predicted octanol–water partition coefficient (Wildman–Crippen LogP) is 7.15. The molecule has 4 nitrogen and oxygen atoms in total. The molecule has 160 valence electrons. The molecular weight excluding hydrogens is 548 g/mol. The molecule has 0 radical (unpaired) electrons. The number of nitrogens with one attached hydrogen (secondary N) is 1. The maximum Gasteiger partial charge on any atom is 0.248 e. The molecule has 3 aromatic rings. The second-order valence-corrected chi connectivity index (χ2v) is 8.74. The van der Waals surface area contributed by atoms with Crippen LogP contribution in [0, 0.1) is 10.5 Å². The van der Waals surface area contributed by atoms with E-state index in [0.717, 1.165) is 20.4 Å². The molecule has 0 aromatic heterocycles. The highest BCUT2D eigenvalue weighted by atomic mass is 127. The molecule has 3 rings (SSSR count). The summed E-state index contributed by atoms with van der Waals surface area (Å²) in [4.78, 5) is 12.3. The number of halogens is 3. The molecule has 31 heavy (non-hydrogen) atoms. The number of ether oxygens (including phenoxy) is 2. The number of carbonyl (C=O) groups excluding carboxylic acids is 1. The average Bonchev–Trinajstić information content (AvgIpc) is 2.74. The first kappa shape index (κ1) is 23.4. The Kier molecular flexibility index (Phi) is 8.23. The van der Waals surface area contributed by atoms with Crippen molar-refractivity contribution in [2.45, 2.75) is 13.5 Å². The normalized spacial score (nSPS) is 10.9. The Morgan fingerprint density at radius 1 is 1.06 bits per heavy atom. The van der Waals surface area contributed by atoms with Gasteiger partial charge >= 0.3 is 0 Å². The smallest absolute Gasteiger partial charge is 0.248 e. The largest absolute Gasteiger partial charge is 0.493 e. The fourth-order valence-corrected chi connectivity index (χ4v) is 3.99. The minimum absolute atomic E-state index is 0.210. The second kappa shape index (κ2) is 10.9. The van der Waals surface area contributed by atoms with E-state index >= 15 is 0 Å². The summed E-state index contributed by atoms with van der Waals surface area (Å²) in [5.74, 6) is 0.880. The Hall–Kier alpha value is -2.22.